The lowest BCUT2D eigenvalue weighted by Gasteiger charge is -2.37. The van der Waals surface area contributed by atoms with Gasteiger partial charge in [0.2, 0.25) is 0 Å². The van der Waals surface area contributed by atoms with E-state index in [-0.39, 0.29) is 0 Å². The molecule has 0 aromatic carbocycles. The van der Waals surface area contributed by atoms with Gasteiger partial charge < -0.3 is 0 Å². The molecule has 0 aliphatic heterocycles. The first-order valence-corrected chi connectivity index (χ1v) is 11.8. The maximum absolute atomic E-state index is 2.36. The molecule has 0 heterocycles. The molecule has 3 aliphatic rings. The van der Waals surface area contributed by atoms with E-state index in [0.29, 0.717) is 16.2 Å². The zero-order valence-electron chi connectivity index (χ0n) is 20.0. The van der Waals surface area contributed by atoms with Crippen molar-refractivity contribution in [3.05, 3.63) is 0 Å². The summed E-state index contributed by atoms with van der Waals surface area (Å²) in [4.78, 5) is 0. The van der Waals surface area contributed by atoms with Gasteiger partial charge in [0.15, 0.2) is 0 Å². The van der Waals surface area contributed by atoms with E-state index in [4.69, 9.17) is 0 Å². The molecule has 0 bridgehead atoms. The highest BCUT2D eigenvalue weighted by Crippen LogP contribution is 2.41. The highest BCUT2D eigenvalue weighted by atomic mass is 14.3. The summed E-state index contributed by atoms with van der Waals surface area (Å²) in [6, 6.07) is 0. The molecular weight excluding hydrogens is 312 g/mol. The van der Waals surface area contributed by atoms with Crippen LogP contribution >= 0.6 is 0 Å². The molecule has 0 radical (unpaired) electrons. The summed E-state index contributed by atoms with van der Waals surface area (Å²) < 4.78 is 0. The first-order valence-electron chi connectivity index (χ1n) is 11.8. The standard InChI is InChI=1S/2C9H18.C8H16/c2*1-9(2,3)8-6-4-5-7-8;1-8(2,3)7-5-4-6-7/h2*8H,4-7H2,1-3H3;7H,4-6H2,1-3H3. The molecule has 0 amide bonds. The molecule has 0 nitrogen and oxygen atoms in total. The molecule has 3 saturated carbocycles. The molecule has 0 N–H and O–H groups in total. The van der Waals surface area contributed by atoms with Crippen LogP contribution in [0.4, 0.5) is 0 Å². The van der Waals surface area contributed by atoms with Crippen molar-refractivity contribution in [3.63, 3.8) is 0 Å². The maximum atomic E-state index is 2.36. The number of hydrogen-bond donors (Lipinski definition) is 0. The van der Waals surface area contributed by atoms with Gasteiger partial charge in [-0.2, -0.15) is 0 Å². The first-order chi connectivity index (χ1) is 11.8. The normalized spacial score (nSPS) is 23.0. The predicted octanol–water partition coefficient (Wildman–Crippen LogP) is 9.28. The monoisotopic (exact) mass is 364 g/mol. The van der Waals surface area contributed by atoms with E-state index >= 15 is 0 Å². The molecule has 26 heavy (non-hydrogen) atoms. The zero-order chi connectivity index (χ0) is 20.0. The predicted molar refractivity (Wildman–Crippen MR) is 120 cm³/mol. The van der Waals surface area contributed by atoms with Gasteiger partial charge in [0.1, 0.15) is 0 Å². The van der Waals surface area contributed by atoms with E-state index in [0.717, 1.165) is 17.8 Å². The molecule has 0 aromatic heterocycles. The van der Waals surface area contributed by atoms with Crippen molar-refractivity contribution < 1.29 is 0 Å². The van der Waals surface area contributed by atoms with Gasteiger partial charge in [-0.05, 0) is 72.5 Å². The summed E-state index contributed by atoms with van der Waals surface area (Å²) in [5.41, 5.74) is 1.76. The van der Waals surface area contributed by atoms with Gasteiger partial charge in [0.05, 0.1) is 0 Å². The van der Waals surface area contributed by atoms with Crippen LogP contribution in [-0.4, -0.2) is 0 Å². The Hall–Kier alpha value is 0. The van der Waals surface area contributed by atoms with Gasteiger partial charge in [-0.15, -0.1) is 0 Å². The largest absolute Gasteiger partial charge is 0.0599 e. The minimum Gasteiger partial charge on any atom is -0.0599 e. The van der Waals surface area contributed by atoms with Crippen LogP contribution in [0.15, 0.2) is 0 Å². The minimum absolute atomic E-state index is 0.580. The van der Waals surface area contributed by atoms with E-state index in [2.05, 4.69) is 62.3 Å². The summed E-state index contributed by atoms with van der Waals surface area (Å²) in [7, 11) is 0. The summed E-state index contributed by atoms with van der Waals surface area (Å²) in [6.45, 7) is 21.2. The number of rotatable bonds is 0. The van der Waals surface area contributed by atoms with Crippen LogP contribution < -0.4 is 0 Å². The van der Waals surface area contributed by atoms with Crippen LogP contribution in [0.2, 0.25) is 0 Å². The average molecular weight is 365 g/mol. The van der Waals surface area contributed by atoms with Crippen molar-refractivity contribution in [2.24, 2.45) is 34.0 Å². The van der Waals surface area contributed by atoms with Gasteiger partial charge >= 0.3 is 0 Å². The van der Waals surface area contributed by atoms with Crippen LogP contribution in [0.1, 0.15) is 133 Å². The fourth-order valence-electron chi connectivity index (χ4n) is 4.86. The van der Waals surface area contributed by atoms with E-state index in [1.165, 1.54) is 70.6 Å². The van der Waals surface area contributed by atoms with E-state index in [9.17, 15) is 0 Å². The Kier molecular flexibility index (Phi) is 9.22. The van der Waals surface area contributed by atoms with Crippen molar-refractivity contribution in [2.45, 2.75) is 133 Å². The maximum Gasteiger partial charge on any atom is -0.0354 e. The Bertz CT molecular complexity index is 328. The van der Waals surface area contributed by atoms with Crippen molar-refractivity contribution in [2.75, 3.05) is 0 Å². The lowest BCUT2D eigenvalue weighted by atomic mass is 9.69. The average Bonchev–Trinajstić information content (AvgIpc) is 3.09. The molecule has 3 rings (SSSR count). The highest BCUT2D eigenvalue weighted by Gasteiger charge is 2.29. The second-order valence-electron chi connectivity index (χ2n) is 12.7. The zero-order valence-corrected chi connectivity index (χ0v) is 20.0. The number of hydrogen-bond acceptors (Lipinski definition) is 0. The summed E-state index contributed by atoms with van der Waals surface area (Å²) in [6.07, 6.45) is 16.2. The van der Waals surface area contributed by atoms with Crippen molar-refractivity contribution in [3.8, 4) is 0 Å². The second kappa shape index (κ2) is 9.97. The van der Waals surface area contributed by atoms with Gasteiger partial charge in [-0.1, -0.05) is 94.4 Å². The van der Waals surface area contributed by atoms with Crippen LogP contribution in [0.5, 0.6) is 0 Å². The quantitative estimate of drug-likeness (QED) is 0.401. The third-order valence-electron chi connectivity index (χ3n) is 7.49. The molecule has 0 heteroatoms. The van der Waals surface area contributed by atoms with Crippen molar-refractivity contribution in [1.82, 2.24) is 0 Å². The topological polar surface area (TPSA) is 0 Å². The van der Waals surface area contributed by atoms with Gasteiger partial charge in [0.25, 0.3) is 0 Å². The smallest absolute Gasteiger partial charge is 0.0354 e. The van der Waals surface area contributed by atoms with E-state index in [1.54, 1.807) is 0 Å². The summed E-state index contributed by atoms with van der Waals surface area (Å²) >= 11 is 0. The first kappa shape index (κ1) is 24.0. The Morgan fingerprint density at radius 1 is 0.346 bits per heavy atom. The Balaban J connectivity index is 0.000000195. The Labute approximate surface area is 167 Å². The molecule has 156 valence electrons. The fraction of sp³-hybridized carbons (Fsp3) is 1.00. The van der Waals surface area contributed by atoms with Crippen molar-refractivity contribution in [1.29, 1.82) is 0 Å². The third-order valence-corrected chi connectivity index (χ3v) is 7.49. The molecular formula is C26H52. The van der Waals surface area contributed by atoms with Gasteiger partial charge in [-0.25, -0.2) is 0 Å². The van der Waals surface area contributed by atoms with Gasteiger partial charge in [0, 0.05) is 0 Å². The third kappa shape index (κ3) is 8.79. The molecule has 0 atom stereocenters. The molecule has 3 fully saturated rings. The lowest BCUT2D eigenvalue weighted by molar-refractivity contribution is 0.141. The van der Waals surface area contributed by atoms with Gasteiger partial charge in [-0.3, -0.25) is 0 Å². The van der Waals surface area contributed by atoms with E-state index < -0.39 is 0 Å². The molecule has 0 unspecified atom stereocenters. The molecule has 0 saturated heterocycles. The highest BCUT2D eigenvalue weighted by molar-refractivity contribution is 4.80. The van der Waals surface area contributed by atoms with Crippen LogP contribution in [0.3, 0.4) is 0 Å². The van der Waals surface area contributed by atoms with Crippen LogP contribution in [0, 0.1) is 34.0 Å². The minimum atomic E-state index is 0.580. The Morgan fingerprint density at radius 2 is 0.538 bits per heavy atom. The summed E-state index contributed by atoms with van der Waals surface area (Å²) in [5, 5.41) is 0. The molecule has 3 aliphatic carbocycles. The fourth-order valence-corrected chi connectivity index (χ4v) is 4.86. The molecule has 0 spiro atoms. The second-order valence-corrected chi connectivity index (χ2v) is 12.7. The lowest BCUT2D eigenvalue weighted by Crippen LogP contribution is -2.26. The van der Waals surface area contributed by atoms with Crippen LogP contribution in [0.25, 0.3) is 0 Å². The van der Waals surface area contributed by atoms with Crippen molar-refractivity contribution >= 4 is 0 Å². The Morgan fingerprint density at radius 3 is 0.615 bits per heavy atom. The summed E-state index contributed by atoms with van der Waals surface area (Å²) in [5.74, 6) is 3.05. The van der Waals surface area contributed by atoms with Crippen LogP contribution in [-0.2, 0) is 0 Å². The molecule has 0 aromatic rings. The SMILES string of the molecule is CC(C)(C)C1CCC1.CC(C)(C)C1CCCC1.CC(C)(C)C1CCCC1. The van der Waals surface area contributed by atoms with E-state index in [1.807, 2.05) is 0 Å².